The van der Waals surface area contributed by atoms with E-state index in [0.717, 1.165) is 6.08 Å². The minimum Gasteiger partial charge on any atom is -0.486 e. The Hall–Kier alpha value is -3.81. The molecule has 2 rings (SSSR count). The first-order valence-electron chi connectivity index (χ1n) is 7.48. The number of carboxylic acid groups (broad SMARTS) is 1. The highest BCUT2D eigenvalue weighted by atomic mass is 16.5. The average Bonchev–Trinajstić information content (AvgIpc) is 2.65. The lowest BCUT2D eigenvalue weighted by Gasteiger charge is -2.07. The summed E-state index contributed by atoms with van der Waals surface area (Å²) < 4.78 is 5.25. The van der Waals surface area contributed by atoms with Crippen LogP contribution < -0.4 is 10.1 Å². The molecule has 8 nitrogen and oxygen atoms in total. The number of amides is 1. The molecule has 0 saturated heterocycles. The molecule has 26 heavy (non-hydrogen) atoms. The lowest BCUT2D eigenvalue weighted by atomic mass is 10.1. The molecule has 0 heterocycles. The quantitative estimate of drug-likeness (QED) is 0.263. The Labute approximate surface area is 149 Å². The maximum absolute atomic E-state index is 12.2. The highest BCUT2D eigenvalue weighted by Crippen LogP contribution is 2.15. The summed E-state index contributed by atoms with van der Waals surface area (Å²) in [4.78, 5) is 22.7. The van der Waals surface area contributed by atoms with Gasteiger partial charge in [0.15, 0.2) is 5.84 Å². The Balaban J connectivity index is 1.95. The Bertz CT molecular complexity index is 842. The van der Waals surface area contributed by atoms with Gasteiger partial charge in [0.1, 0.15) is 12.4 Å². The number of aliphatic carboxylic acids is 1. The molecule has 132 valence electrons. The predicted molar refractivity (Wildman–Crippen MR) is 95.9 cm³/mol. The minimum absolute atomic E-state index is 0.113. The van der Waals surface area contributed by atoms with E-state index in [1.165, 1.54) is 6.08 Å². The Morgan fingerprint density at radius 2 is 1.77 bits per heavy atom. The fourth-order valence-electron chi connectivity index (χ4n) is 1.93. The van der Waals surface area contributed by atoms with Crippen molar-refractivity contribution in [2.75, 3.05) is 11.9 Å². The number of nitrogens with one attached hydrogen (secondary N) is 3. The molecule has 0 bridgehead atoms. The molecular weight excluding hydrogens is 336 g/mol. The highest BCUT2D eigenvalue weighted by molar-refractivity contribution is 6.04. The van der Waals surface area contributed by atoms with Crippen molar-refractivity contribution in [1.82, 2.24) is 0 Å². The molecular formula is C18H16N4O4. The van der Waals surface area contributed by atoms with Crippen molar-refractivity contribution in [2.24, 2.45) is 5.11 Å². The molecule has 2 aromatic rings. The normalized spacial score (nSPS) is 10.3. The van der Waals surface area contributed by atoms with Gasteiger partial charge in [0.05, 0.1) is 0 Å². The van der Waals surface area contributed by atoms with Crippen LogP contribution in [0, 0.1) is 10.9 Å². The van der Waals surface area contributed by atoms with Gasteiger partial charge in [0.25, 0.3) is 5.91 Å². The summed E-state index contributed by atoms with van der Waals surface area (Å²) in [5, 5.41) is 21.5. The van der Waals surface area contributed by atoms with Gasteiger partial charge in [-0.3, -0.25) is 10.2 Å². The zero-order valence-corrected chi connectivity index (χ0v) is 13.6. The van der Waals surface area contributed by atoms with Crippen molar-refractivity contribution >= 4 is 29.5 Å². The van der Waals surface area contributed by atoms with E-state index in [1.807, 2.05) is 0 Å². The summed E-state index contributed by atoms with van der Waals surface area (Å²) in [5.74, 6) is -1.07. The van der Waals surface area contributed by atoms with E-state index in [9.17, 15) is 9.59 Å². The molecule has 0 spiro atoms. The smallest absolute Gasteiger partial charge is 0.328 e. The van der Waals surface area contributed by atoms with Gasteiger partial charge < -0.3 is 15.2 Å². The van der Waals surface area contributed by atoms with Gasteiger partial charge in [-0.1, -0.05) is 12.1 Å². The zero-order valence-electron chi connectivity index (χ0n) is 13.6. The summed E-state index contributed by atoms with van der Waals surface area (Å²) in [5.41, 5.74) is 8.37. The van der Waals surface area contributed by atoms with Gasteiger partial charge in [-0.25, -0.2) is 10.3 Å². The summed E-state index contributed by atoms with van der Waals surface area (Å²) in [6.45, 7) is -0.113. The third kappa shape index (κ3) is 5.68. The second-order valence-corrected chi connectivity index (χ2v) is 5.12. The number of carbonyl (C=O) groups is 2. The van der Waals surface area contributed by atoms with Crippen LogP contribution >= 0.6 is 0 Å². The Morgan fingerprint density at radius 1 is 1.12 bits per heavy atom. The van der Waals surface area contributed by atoms with Crippen molar-refractivity contribution in [3.05, 3.63) is 65.7 Å². The summed E-state index contributed by atoms with van der Waals surface area (Å²) in [6.07, 6.45) is 2.50. The Kier molecular flexibility index (Phi) is 6.33. The number of benzene rings is 2. The standard InChI is InChI=1S/C18H16N4O4/c19-16(22-20)11-26-15-8-4-13(5-9-15)18(25)21-14-6-1-12(2-7-14)3-10-17(23)24/h1-10,19-20H,11H2,(H,21,25)(H,23,24)/b10-3+,19-16?,22-20?. The number of carboxylic acids is 1. The molecule has 0 unspecified atom stereocenters. The van der Waals surface area contributed by atoms with E-state index in [1.54, 1.807) is 48.5 Å². The van der Waals surface area contributed by atoms with Crippen LogP contribution in [0.15, 0.2) is 59.7 Å². The first kappa shape index (κ1) is 18.5. The van der Waals surface area contributed by atoms with Gasteiger partial charge in [-0.15, -0.1) is 5.11 Å². The summed E-state index contributed by atoms with van der Waals surface area (Å²) >= 11 is 0. The van der Waals surface area contributed by atoms with E-state index < -0.39 is 5.97 Å². The number of carbonyl (C=O) groups excluding carboxylic acids is 1. The van der Waals surface area contributed by atoms with Gasteiger partial charge in [-0.2, -0.15) is 0 Å². The molecule has 0 radical (unpaired) electrons. The second-order valence-electron chi connectivity index (χ2n) is 5.12. The van der Waals surface area contributed by atoms with Crippen LogP contribution in [0.4, 0.5) is 5.69 Å². The number of hydrogen-bond donors (Lipinski definition) is 4. The average molecular weight is 352 g/mol. The third-order valence-electron chi connectivity index (χ3n) is 3.21. The van der Waals surface area contributed by atoms with Gasteiger partial charge in [0.2, 0.25) is 0 Å². The Morgan fingerprint density at radius 3 is 2.35 bits per heavy atom. The molecule has 0 saturated carbocycles. The van der Waals surface area contributed by atoms with Gasteiger partial charge in [-0.05, 0) is 48.0 Å². The molecule has 4 N–H and O–H groups in total. The maximum Gasteiger partial charge on any atom is 0.328 e. The van der Waals surface area contributed by atoms with E-state index in [4.69, 9.17) is 20.8 Å². The molecule has 0 fully saturated rings. The molecule has 0 aliphatic heterocycles. The van der Waals surface area contributed by atoms with E-state index >= 15 is 0 Å². The van der Waals surface area contributed by atoms with E-state index in [2.05, 4.69) is 10.4 Å². The number of anilines is 1. The van der Waals surface area contributed by atoms with Crippen molar-refractivity contribution in [2.45, 2.75) is 0 Å². The highest BCUT2D eigenvalue weighted by Gasteiger charge is 2.07. The minimum atomic E-state index is -1.03. The van der Waals surface area contributed by atoms with Crippen LogP contribution in [0.3, 0.4) is 0 Å². The monoisotopic (exact) mass is 352 g/mol. The molecule has 8 heteroatoms. The molecule has 2 aromatic carbocycles. The lowest BCUT2D eigenvalue weighted by molar-refractivity contribution is -0.131. The van der Waals surface area contributed by atoms with Crippen LogP contribution in [0.2, 0.25) is 0 Å². The fourth-order valence-corrected chi connectivity index (χ4v) is 1.93. The topological polar surface area (TPSA) is 136 Å². The predicted octanol–water partition coefficient (Wildman–Crippen LogP) is 3.42. The van der Waals surface area contributed by atoms with E-state index in [0.29, 0.717) is 22.6 Å². The van der Waals surface area contributed by atoms with Crippen molar-refractivity contribution < 1.29 is 19.4 Å². The molecule has 0 aliphatic rings. The lowest BCUT2D eigenvalue weighted by Crippen LogP contribution is -2.12. The first-order chi connectivity index (χ1) is 12.5. The number of amidine groups is 1. The number of ether oxygens (including phenoxy) is 1. The summed E-state index contributed by atoms with van der Waals surface area (Å²) in [7, 11) is 0. The fraction of sp³-hybridized carbons (Fsp3) is 0.0556. The van der Waals surface area contributed by atoms with Crippen LogP contribution in [0.5, 0.6) is 5.75 Å². The van der Waals surface area contributed by atoms with Gasteiger partial charge >= 0.3 is 5.97 Å². The van der Waals surface area contributed by atoms with E-state index in [-0.39, 0.29) is 18.3 Å². The summed E-state index contributed by atoms with van der Waals surface area (Å²) in [6, 6.07) is 13.1. The van der Waals surface area contributed by atoms with Crippen molar-refractivity contribution in [3.63, 3.8) is 0 Å². The molecule has 0 atom stereocenters. The SMILES string of the molecule is N=NC(=N)COc1ccc(C(=O)Nc2ccc(/C=C/C(=O)O)cc2)cc1. The zero-order chi connectivity index (χ0) is 18.9. The van der Waals surface area contributed by atoms with Crippen LogP contribution in [0.25, 0.3) is 6.08 Å². The maximum atomic E-state index is 12.2. The van der Waals surface area contributed by atoms with Crippen LogP contribution in [0.1, 0.15) is 15.9 Å². The number of rotatable bonds is 7. The van der Waals surface area contributed by atoms with Gasteiger partial charge in [0, 0.05) is 17.3 Å². The second kappa shape index (κ2) is 8.88. The number of hydrogen-bond acceptors (Lipinski definition) is 5. The molecule has 0 aromatic heterocycles. The largest absolute Gasteiger partial charge is 0.486 e. The van der Waals surface area contributed by atoms with Crippen molar-refractivity contribution in [1.29, 1.82) is 10.9 Å². The molecule has 1 amide bonds. The third-order valence-corrected chi connectivity index (χ3v) is 3.21. The van der Waals surface area contributed by atoms with Crippen LogP contribution in [-0.4, -0.2) is 29.4 Å². The van der Waals surface area contributed by atoms with Crippen LogP contribution in [-0.2, 0) is 4.79 Å². The first-order valence-corrected chi connectivity index (χ1v) is 7.48. The number of nitrogens with zero attached hydrogens (tertiary/aromatic N) is 1. The molecule has 0 aliphatic carbocycles. The van der Waals surface area contributed by atoms with Crippen molar-refractivity contribution in [3.8, 4) is 5.75 Å².